The van der Waals surface area contributed by atoms with E-state index >= 15 is 0 Å². The van der Waals surface area contributed by atoms with Crippen molar-refractivity contribution in [1.29, 1.82) is 0 Å². The molecule has 9 aromatic carbocycles. The van der Waals surface area contributed by atoms with Crippen LogP contribution in [0.5, 0.6) is 0 Å². The first-order valence-corrected chi connectivity index (χ1v) is 17.8. The summed E-state index contributed by atoms with van der Waals surface area (Å²) in [6.45, 7) is 0. The lowest BCUT2D eigenvalue weighted by atomic mass is 9.95. The Morgan fingerprint density at radius 2 is 0.904 bits per heavy atom. The molecule has 0 atom stereocenters. The van der Waals surface area contributed by atoms with Crippen molar-refractivity contribution in [2.45, 2.75) is 0 Å². The fraction of sp³-hybridized carbons (Fsp3) is 0. The summed E-state index contributed by atoms with van der Waals surface area (Å²) in [6, 6.07) is 71.7. The molecule has 0 aliphatic rings. The summed E-state index contributed by atoms with van der Waals surface area (Å²) in [4.78, 5) is 2.38. The van der Waals surface area contributed by atoms with Crippen molar-refractivity contribution in [2.75, 3.05) is 4.90 Å². The average molecular weight is 664 g/mol. The molecule has 0 spiro atoms. The molecule has 0 bridgehead atoms. The largest absolute Gasteiger partial charge is 0.455 e. The minimum atomic E-state index is 0.912. The lowest BCUT2D eigenvalue weighted by Crippen LogP contribution is -2.11. The van der Waals surface area contributed by atoms with Gasteiger partial charge < -0.3 is 9.32 Å². The molecule has 10 rings (SSSR count). The van der Waals surface area contributed by atoms with Gasteiger partial charge in [0.15, 0.2) is 0 Å². The van der Waals surface area contributed by atoms with E-state index < -0.39 is 0 Å². The second-order valence-corrected chi connectivity index (χ2v) is 13.3. The number of hydrogen-bond acceptors (Lipinski definition) is 2. The predicted octanol–water partition coefficient (Wildman–Crippen LogP) is 14.4. The molecule has 0 N–H and O–H groups in total. The van der Waals surface area contributed by atoms with Crippen molar-refractivity contribution >= 4 is 60.5 Å². The zero-order valence-electron chi connectivity index (χ0n) is 28.4. The highest BCUT2D eigenvalue weighted by Gasteiger charge is 2.19. The van der Waals surface area contributed by atoms with Crippen LogP contribution >= 0.6 is 0 Å². The first-order valence-electron chi connectivity index (χ1n) is 17.8. The minimum Gasteiger partial charge on any atom is -0.455 e. The number of rotatable bonds is 6. The summed E-state index contributed by atoms with van der Waals surface area (Å²) in [5, 5.41) is 7.07. The lowest BCUT2D eigenvalue weighted by Gasteiger charge is -2.28. The molecule has 2 heteroatoms. The molecular weight excluding hydrogens is 631 g/mol. The molecule has 244 valence electrons. The van der Waals surface area contributed by atoms with E-state index in [4.69, 9.17) is 4.42 Å². The van der Waals surface area contributed by atoms with Crippen molar-refractivity contribution < 1.29 is 4.42 Å². The lowest BCUT2D eigenvalue weighted by molar-refractivity contribution is 0.672. The van der Waals surface area contributed by atoms with Gasteiger partial charge >= 0.3 is 0 Å². The summed E-state index contributed by atoms with van der Waals surface area (Å²) in [6.07, 6.45) is 0. The Morgan fingerprint density at radius 1 is 0.327 bits per heavy atom. The van der Waals surface area contributed by atoms with Crippen molar-refractivity contribution in [3.05, 3.63) is 200 Å². The van der Waals surface area contributed by atoms with Gasteiger partial charge in [-0.2, -0.15) is 0 Å². The highest BCUT2D eigenvalue weighted by molar-refractivity contribution is 6.19. The van der Waals surface area contributed by atoms with Gasteiger partial charge in [0.25, 0.3) is 0 Å². The van der Waals surface area contributed by atoms with E-state index in [-0.39, 0.29) is 0 Å². The van der Waals surface area contributed by atoms with Crippen molar-refractivity contribution in [3.63, 3.8) is 0 Å². The number of fused-ring (bicyclic) bond motifs is 6. The Bertz CT molecular complexity index is 2890. The third-order valence-electron chi connectivity index (χ3n) is 10.3. The third kappa shape index (κ3) is 5.12. The number of hydrogen-bond donors (Lipinski definition) is 0. The molecule has 1 aromatic heterocycles. The molecule has 0 fully saturated rings. The van der Waals surface area contributed by atoms with Crippen LogP contribution in [0, 0.1) is 0 Å². The average Bonchev–Trinajstić information content (AvgIpc) is 3.60. The fourth-order valence-corrected chi connectivity index (χ4v) is 7.71. The summed E-state index contributed by atoms with van der Waals surface area (Å²) < 4.78 is 6.40. The van der Waals surface area contributed by atoms with Crippen molar-refractivity contribution in [3.8, 4) is 33.4 Å². The van der Waals surface area contributed by atoms with Gasteiger partial charge in [0.2, 0.25) is 0 Å². The zero-order valence-corrected chi connectivity index (χ0v) is 28.4. The molecule has 0 amide bonds. The van der Waals surface area contributed by atoms with Gasteiger partial charge in [0.05, 0.1) is 5.69 Å². The monoisotopic (exact) mass is 663 g/mol. The second kappa shape index (κ2) is 12.5. The van der Waals surface area contributed by atoms with Gasteiger partial charge in [0.1, 0.15) is 11.2 Å². The van der Waals surface area contributed by atoms with Crippen molar-refractivity contribution in [2.24, 2.45) is 0 Å². The zero-order chi connectivity index (χ0) is 34.4. The molecule has 0 radical (unpaired) electrons. The third-order valence-corrected chi connectivity index (χ3v) is 10.3. The molecule has 0 unspecified atom stereocenters. The molecule has 2 nitrogen and oxygen atoms in total. The van der Waals surface area contributed by atoms with Crippen molar-refractivity contribution in [1.82, 2.24) is 0 Å². The maximum atomic E-state index is 6.40. The van der Waals surface area contributed by atoms with Crippen LogP contribution in [0.2, 0.25) is 0 Å². The molecule has 0 saturated heterocycles. The maximum absolute atomic E-state index is 6.40. The molecule has 0 aliphatic heterocycles. The van der Waals surface area contributed by atoms with Crippen LogP contribution in [-0.2, 0) is 0 Å². The first-order chi connectivity index (χ1) is 25.8. The van der Waals surface area contributed by atoms with Gasteiger partial charge in [0, 0.05) is 33.1 Å². The number of furan rings is 1. The molecule has 0 aliphatic carbocycles. The van der Waals surface area contributed by atoms with Gasteiger partial charge in [-0.3, -0.25) is 0 Å². The molecule has 1 heterocycles. The van der Waals surface area contributed by atoms with Gasteiger partial charge in [-0.15, -0.1) is 0 Å². The van der Waals surface area contributed by atoms with Crippen LogP contribution in [0.4, 0.5) is 17.1 Å². The van der Waals surface area contributed by atoms with Gasteiger partial charge in [-0.25, -0.2) is 0 Å². The van der Waals surface area contributed by atoms with E-state index in [1.54, 1.807) is 0 Å². The molecule has 52 heavy (non-hydrogen) atoms. The quantitative estimate of drug-likeness (QED) is 0.176. The summed E-state index contributed by atoms with van der Waals surface area (Å²) in [5.41, 5.74) is 12.3. The smallest absolute Gasteiger partial charge is 0.143 e. The Morgan fingerprint density at radius 3 is 1.69 bits per heavy atom. The SMILES string of the molecule is c1ccc(-c2ccccc2N(c2ccc(-c3ccc4ccccc4c3)cc2)c2ccc(-c3cc4c5ccccc5oc4c4ccccc34)cc2)cc1. The molecular formula is C50H33NO. The van der Waals surface area contributed by atoms with E-state index in [0.29, 0.717) is 0 Å². The van der Waals surface area contributed by atoms with Crippen LogP contribution in [0.1, 0.15) is 0 Å². The van der Waals surface area contributed by atoms with Crippen LogP contribution < -0.4 is 4.90 Å². The van der Waals surface area contributed by atoms with Crippen LogP contribution in [0.25, 0.3) is 76.9 Å². The fourth-order valence-electron chi connectivity index (χ4n) is 7.71. The van der Waals surface area contributed by atoms with E-state index in [9.17, 15) is 0 Å². The number of anilines is 3. The number of nitrogens with zero attached hydrogens (tertiary/aromatic N) is 1. The Balaban J connectivity index is 1.11. The van der Waals surface area contributed by atoms with E-state index in [1.165, 1.54) is 44.0 Å². The Kier molecular flexibility index (Phi) is 7.18. The summed E-state index contributed by atoms with van der Waals surface area (Å²) in [7, 11) is 0. The standard InChI is InChI=1S/C50H33NO/c1-2-13-36(14-3-1)42-16-8-10-20-48(42)51(40-28-24-35(25-29-40)39-23-22-34-12-4-5-15-38(34)32-39)41-30-26-37(27-31-41)46-33-47-44-18-9-11-21-49(44)52-50(47)45-19-7-6-17-43(45)46/h1-33H. The van der Waals surface area contributed by atoms with Crippen LogP contribution in [0.3, 0.4) is 0 Å². The van der Waals surface area contributed by atoms with Crippen LogP contribution in [0.15, 0.2) is 205 Å². The maximum Gasteiger partial charge on any atom is 0.143 e. The Labute approximate surface area is 302 Å². The molecule has 10 aromatic rings. The number of para-hydroxylation sites is 2. The topological polar surface area (TPSA) is 16.4 Å². The summed E-state index contributed by atoms with van der Waals surface area (Å²) in [5.74, 6) is 0. The second-order valence-electron chi connectivity index (χ2n) is 13.3. The van der Waals surface area contributed by atoms with Gasteiger partial charge in [-0.05, 0) is 92.5 Å². The number of benzene rings is 9. The van der Waals surface area contributed by atoms with E-state index in [0.717, 1.165) is 50.0 Å². The van der Waals surface area contributed by atoms with Crippen LogP contribution in [-0.4, -0.2) is 0 Å². The highest BCUT2D eigenvalue weighted by Crippen LogP contribution is 2.44. The summed E-state index contributed by atoms with van der Waals surface area (Å²) >= 11 is 0. The van der Waals surface area contributed by atoms with Gasteiger partial charge in [-0.1, -0.05) is 152 Å². The first kappa shape index (κ1) is 30.0. The Hall–Kier alpha value is -6.90. The molecule has 0 saturated carbocycles. The van der Waals surface area contributed by atoms with E-state index in [1.807, 2.05) is 6.07 Å². The minimum absolute atomic E-state index is 0.912. The predicted molar refractivity (Wildman–Crippen MR) is 220 cm³/mol. The van der Waals surface area contributed by atoms with E-state index in [2.05, 4.69) is 199 Å². The highest BCUT2D eigenvalue weighted by atomic mass is 16.3. The normalized spacial score (nSPS) is 11.5.